The van der Waals surface area contributed by atoms with Crippen molar-refractivity contribution in [3.63, 3.8) is 0 Å². The lowest BCUT2D eigenvalue weighted by Crippen LogP contribution is -2.10. The number of hydrogen-bond acceptors (Lipinski definition) is 3. The van der Waals surface area contributed by atoms with Crippen LogP contribution in [0.5, 0.6) is 0 Å². The zero-order chi connectivity index (χ0) is 55.4. The summed E-state index contributed by atoms with van der Waals surface area (Å²) in [6.45, 7) is 4.00. The molecule has 0 atom stereocenters. The molecule has 16 rings (SSSR count). The highest BCUT2D eigenvalue weighted by Crippen LogP contribution is 2.54. The number of nitrogens with zero attached hydrogens (tertiary/aromatic N) is 3. The molecule has 0 aromatic heterocycles. The van der Waals surface area contributed by atoms with Gasteiger partial charge in [0.2, 0.25) is 0 Å². The molecule has 83 heavy (non-hydrogen) atoms. The van der Waals surface area contributed by atoms with E-state index in [2.05, 4.69) is 324 Å². The Kier molecular flexibility index (Phi) is 12.3. The van der Waals surface area contributed by atoms with E-state index in [-0.39, 0.29) is 0 Å². The summed E-state index contributed by atoms with van der Waals surface area (Å²) in [6, 6.07) is 114. The topological polar surface area (TPSA) is 9.72 Å². The van der Waals surface area contributed by atoms with Gasteiger partial charge in [-0.25, -0.2) is 0 Å². The van der Waals surface area contributed by atoms with Gasteiger partial charge in [0.1, 0.15) is 0 Å². The summed E-state index contributed by atoms with van der Waals surface area (Å²) in [5.74, 6) is 0. The van der Waals surface area contributed by atoms with Crippen LogP contribution in [0.3, 0.4) is 0 Å². The molecule has 13 aromatic carbocycles. The molecular weight excluding hydrogens is 1000 g/mol. The maximum absolute atomic E-state index is 2.43. The highest BCUT2D eigenvalue weighted by molar-refractivity contribution is 6.05. The molecule has 13 aromatic rings. The first-order chi connectivity index (χ1) is 41.2. The molecule has 0 saturated heterocycles. The van der Waals surface area contributed by atoms with Gasteiger partial charge in [0, 0.05) is 50.4 Å². The molecule has 3 aliphatic heterocycles. The van der Waals surface area contributed by atoms with E-state index in [4.69, 9.17) is 0 Å². The van der Waals surface area contributed by atoms with Crippen LogP contribution in [0.1, 0.15) is 13.8 Å². The second kappa shape index (κ2) is 20.7. The Morgan fingerprint density at radius 2 is 0.313 bits per heavy atom. The lowest BCUT2D eigenvalue weighted by Gasteiger charge is -2.27. The minimum absolute atomic E-state index is 1.11. The van der Waals surface area contributed by atoms with Crippen molar-refractivity contribution in [3.05, 3.63) is 309 Å². The third kappa shape index (κ3) is 8.36. The Labute approximate surface area is 486 Å². The third-order valence-electron chi connectivity index (χ3n) is 16.7. The summed E-state index contributed by atoms with van der Waals surface area (Å²) in [5, 5.41) is 0. The molecule has 0 unspecified atom stereocenters. The second-order valence-corrected chi connectivity index (χ2v) is 21.2. The molecule has 3 heteroatoms. The van der Waals surface area contributed by atoms with Gasteiger partial charge in [0.25, 0.3) is 0 Å². The summed E-state index contributed by atoms with van der Waals surface area (Å²) in [7, 11) is 0. The van der Waals surface area contributed by atoms with E-state index in [9.17, 15) is 0 Å². The molecule has 0 bridgehead atoms. The van der Waals surface area contributed by atoms with Gasteiger partial charge >= 0.3 is 0 Å². The summed E-state index contributed by atoms with van der Waals surface area (Å²) in [4.78, 5) is 7.29. The van der Waals surface area contributed by atoms with Gasteiger partial charge in [-0.05, 0) is 158 Å². The van der Waals surface area contributed by atoms with E-state index in [0.29, 0.717) is 0 Å². The van der Waals surface area contributed by atoms with E-state index < -0.39 is 0 Å². The quantitative estimate of drug-likeness (QED) is 0.164. The predicted octanol–water partition coefficient (Wildman–Crippen LogP) is 23.1. The van der Waals surface area contributed by atoms with Crippen molar-refractivity contribution < 1.29 is 0 Å². The first-order valence-electron chi connectivity index (χ1n) is 28.9. The minimum Gasteiger partial charge on any atom is -0.309 e. The predicted molar refractivity (Wildman–Crippen MR) is 351 cm³/mol. The number of anilines is 9. The fourth-order valence-electron chi connectivity index (χ4n) is 13.0. The molecule has 0 aliphatic carbocycles. The van der Waals surface area contributed by atoms with Crippen molar-refractivity contribution >= 4 is 51.2 Å². The smallest absolute Gasteiger partial charge is 0.0540 e. The number of benzene rings is 13. The molecule has 0 radical (unpaired) electrons. The summed E-state index contributed by atoms with van der Waals surface area (Å²) >= 11 is 0. The number of fused-ring (bicyclic) bond motifs is 15. The minimum atomic E-state index is 1.11. The molecule has 0 fully saturated rings. The number of para-hydroxylation sites is 6. The maximum atomic E-state index is 2.43. The van der Waals surface area contributed by atoms with Gasteiger partial charge in [0.05, 0.1) is 34.1 Å². The van der Waals surface area contributed by atoms with Crippen LogP contribution in [-0.2, 0) is 0 Å². The Hall–Kier alpha value is -10.7. The Balaban J connectivity index is 0.00000291. The average Bonchev–Trinajstić information content (AvgIpc) is 3.88. The van der Waals surface area contributed by atoms with Gasteiger partial charge in [-0.1, -0.05) is 232 Å². The lowest BCUT2D eigenvalue weighted by atomic mass is 9.93. The fourth-order valence-corrected chi connectivity index (χ4v) is 13.0. The normalized spacial score (nSPS) is 12.1. The summed E-state index contributed by atoms with van der Waals surface area (Å²) < 4.78 is 0. The molecule has 3 heterocycles. The number of rotatable bonds is 6. The SMILES string of the molecule is CC.c1ccc2c(c1)-c1ccccc1N(c1ccc(-c3cc(-c4ccc(N5c6ccccc6-c6ccccc6-c6ccccc65)cc4)cc(-c4ccc(N5c6ccccc6-c6ccccc6-c6ccccc65)cc4)c3)cc1)c1ccccc1-2. The zero-order valence-corrected chi connectivity index (χ0v) is 46.3. The second-order valence-electron chi connectivity index (χ2n) is 21.2. The van der Waals surface area contributed by atoms with Crippen molar-refractivity contribution in [1.29, 1.82) is 0 Å². The van der Waals surface area contributed by atoms with Crippen molar-refractivity contribution in [3.8, 4) is 100 Å². The highest BCUT2D eigenvalue weighted by Gasteiger charge is 2.29. The number of hydrogen-bond donors (Lipinski definition) is 0. The van der Waals surface area contributed by atoms with Crippen LogP contribution >= 0.6 is 0 Å². The van der Waals surface area contributed by atoms with Crippen LogP contribution in [0.2, 0.25) is 0 Å². The van der Waals surface area contributed by atoms with E-state index in [1.807, 2.05) is 13.8 Å². The Morgan fingerprint density at radius 3 is 0.494 bits per heavy atom. The average molecular weight is 1060 g/mol. The van der Waals surface area contributed by atoms with E-state index in [1.165, 1.54) is 66.8 Å². The monoisotopic (exact) mass is 1060 g/mol. The fraction of sp³-hybridized carbons (Fsp3) is 0.0250. The van der Waals surface area contributed by atoms with Crippen molar-refractivity contribution in [2.45, 2.75) is 13.8 Å². The van der Waals surface area contributed by atoms with Crippen LogP contribution in [0.15, 0.2) is 309 Å². The highest BCUT2D eigenvalue weighted by atomic mass is 15.2. The Morgan fingerprint density at radius 1 is 0.157 bits per heavy atom. The first-order valence-corrected chi connectivity index (χ1v) is 28.9. The molecular formula is C80H57N3. The van der Waals surface area contributed by atoms with Gasteiger partial charge in [0.15, 0.2) is 0 Å². The standard InChI is InChI=1S/C78H51N3.C2H6/c1-2-20-62-61(19-1)67-25-7-13-31-73(67)79(74-32-14-8-26-68(62)74)58-43-37-52(38-44-58)55-49-56(53-39-45-59(46-40-53)80-75-33-15-9-27-69(75)63-21-3-4-22-64(63)70-28-10-16-34-76(70)80)51-57(50-55)54-41-47-60(48-42-54)81-77-35-17-11-29-71(77)65-23-5-6-24-66(65)72-30-12-18-36-78(72)81;1-2/h1-51H;1-2H3. The van der Waals surface area contributed by atoms with Crippen LogP contribution in [0.4, 0.5) is 51.2 Å². The van der Waals surface area contributed by atoms with Gasteiger partial charge < -0.3 is 14.7 Å². The molecule has 3 aliphatic rings. The molecule has 0 N–H and O–H groups in total. The van der Waals surface area contributed by atoms with E-state index in [1.54, 1.807) is 0 Å². The zero-order valence-electron chi connectivity index (χ0n) is 46.3. The van der Waals surface area contributed by atoms with Crippen LogP contribution in [0.25, 0.3) is 100 Å². The van der Waals surface area contributed by atoms with Gasteiger partial charge in [-0.3, -0.25) is 0 Å². The largest absolute Gasteiger partial charge is 0.309 e. The Bertz CT molecular complexity index is 3910. The first kappa shape index (κ1) is 49.3. The van der Waals surface area contributed by atoms with E-state index >= 15 is 0 Å². The molecule has 0 spiro atoms. The third-order valence-corrected chi connectivity index (χ3v) is 16.7. The van der Waals surface area contributed by atoms with Crippen molar-refractivity contribution in [2.24, 2.45) is 0 Å². The van der Waals surface area contributed by atoms with E-state index in [0.717, 1.165) is 84.6 Å². The molecule has 0 saturated carbocycles. The van der Waals surface area contributed by atoms with Crippen molar-refractivity contribution in [1.82, 2.24) is 0 Å². The molecule has 392 valence electrons. The maximum Gasteiger partial charge on any atom is 0.0540 e. The van der Waals surface area contributed by atoms with Crippen LogP contribution < -0.4 is 14.7 Å². The molecule has 0 amide bonds. The van der Waals surface area contributed by atoms with Gasteiger partial charge in [-0.2, -0.15) is 0 Å². The summed E-state index contributed by atoms with van der Waals surface area (Å²) in [5.41, 5.74) is 31.9. The van der Waals surface area contributed by atoms with Crippen LogP contribution in [-0.4, -0.2) is 0 Å². The molecule has 3 nitrogen and oxygen atoms in total. The summed E-state index contributed by atoms with van der Waals surface area (Å²) in [6.07, 6.45) is 0. The van der Waals surface area contributed by atoms with Crippen molar-refractivity contribution in [2.75, 3.05) is 14.7 Å². The van der Waals surface area contributed by atoms with Gasteiger partial charge in [-0.15, -0.1) is 0 Å². The lowest BCUT2D eigenvalue weighted by molar-refractivity contribution is 1.29. The van der Waals surface area contributed by atoms with Crippen LogP contribution in [0, 0.1) is 0 Å².